The zero-order chi connectivity index (χ0) is 15.6. The van der Waals surface area contributed by atoms with E-state index in [9.17, 15) is 0 Å². The third-order valence-corrected chi connectivity index (χ3v) is 3.51. The third kappa shape index (κ3) is 2.50. The van der Waals surface area contributed by atoms with Crippen molar-refractivity contribution in [1.29, 1.82) is 0 Å². The van der Waals surface area contributed by atoms with Crippen LogP contribution in [0.1, 0.15) is 11.5 Å². The lowest BCUT2D eigenvalue weighted by atomic mass is 10.4. The van der Waals surface area contributed by atoms with Gasteiger partial charge in [0.25, 0.3) is 0 Å². The molecule has 4 heterocycles. The second-order valence-corrected chi connectivity index (χ2v) is 5.00. The van der Waals surface area contributed by atoms with Crippen molar-refractivity contribution < 1.29 is 0 Å². The summed E-state index contributed by atoms with van der Waals surface area (Å²) in [5, 5.41) is 7.54. The Morgan fingerprint density at radius 3 is 2.91 bits per heavy atom. The van der Waals surface area contributed by atoms with Gasteiger partial charge in [-0.05, 0) is 13.0 Å². The first kappa shape index (κ1) is 13.4. The van der Waals surface area contributed by atoms with Crippen molar-refractivity contribution in [1.82, 2.24) is 34.1 Å². The lowest BCUT2D eigenvalue weighted by molar-refractivity contribution is 0.848. The molecule has 0 aliphatic carbocycles. The van der Waals surface area contributed by atoms with Crippen LogP contribution in [0.2, 0.25) is 0 Å². The molecule has 23 heavy (non-hydrogen) atoms. The molecule has 0 radical (unpaired) electrons. The van der Waals surface area contributed by atoms with E-state index in [2.05, 4.69) is 30.4 Å². The first-order valence-electron chi connectivity index (χ1n) is 7.15. The Hall–Kier alpha value is -3.29. The molecular formula is C15H14N8. The van der Waals surface area contributed by atoms with E-state index in [0.29, 0.717) is 12.4 Å². The molecule has 0 spiro atoms. The summed E-state index contributed by atoms with van der Waals surface area (Å²) in [6.07, 6.45) is 10.5. The molecule has 8 heteroatoms. The number of aromatic nitrogens is 7. The number of hydrogen-bond donors (Lipinski definition) is 1. The fourth-order valence-corrected chi connectivity index (χ4v) is 2.38. The first-order chi connectivity index (χ1) is 11.3. The number of nitrogens with zero attached hydrogens (tertiary/aromatic N) is 7. The van der Waals surface area contributed by atoms with Crippen molar-refractivity contribution in [2.45, 2.75) is 13.5 Å². The molecule has 0 aliphatic rings. The van der Waals surface area contributed by atoms with Gasteiger partial charge in [-0.25, -0.2) is 19.5 Å². The van der Waals surface area contributed by atoms with E-state index in [-0.39, 0.29) is 0 Å². The predicted molar refractivity (Wildman–Crippen MR) is 84.2 cm³/mol. The van der Waals surface area contributed by atoms with Crippen LogP contribution >= 0.6 is 0 Å². The second-order valence-electron chi connectivity index (χ2n) is 5.00. The van der Waals surface area contributed by atoms with Gasteiger partial charge in [0.1, 0.15) is 11.6 Å². The maximum Gasteiger partial charge on any atom is 0.159 e. The van der Waals surface area contributed by atoms with Crippen molar-refractivity contribution in [2.24, 2.45) is 0 Å². The molecule has 0 atom stereocenters. The summed E-state index contributed by atoms with van der Waals surface area (Å²) < 4.78 is 3.68. The molecular weight excluding hydrogens is 292 g/mol. The van der Waals surface area contributed by atoms with Gasteiger partial charge in [-0.1, -0.05) is 0 Å². The van der Waals surface area contributed by atoms with Crippen molar-refractivity contribution in [3.05, 3.63) is 60.8 Å². The van der Waals surface area contributed by atoms with E-state index in [1.165, 1.54) is 0 Å². The number of rotatable bonds is 4. The summed E-state index contributed by atoms with van der Waals surface area (Å²) in [6, 6.07) is 3.79. The molecule has 1 N–H and O–H groups in total. The van der Waals surface area contributed by atoms with Gasteiger partial charge >= 0.3 is 0 Å². The van der Waals surface area contributed by atoms with Gasteiger partial charge in [0.15, 0.2) is 11.5 Å². The zero-order valence-corrected chi connectivity index (χ0v) is 12.5. The Labute approximate surface area is 131 Å². The highest BCUT2D eigenvalue weighted by atomic mass is 15.3. The summed E-state index contributed by atoms with van der Waals surface area (Å²) >= 11 is 0. The van der Waals surface area contributed by atoms with Gasteiger partial charge in [0.2, 0.25) is 0 Å². The minimum Gasteiger partial charge on any atom is -0.363 e. The van der Waals surface area contributed by atoms with Gasteiger partial charge in [-0.2, -0.15) is 5.10 Å². The molecule has 0 amide bonds. The molecule has 4 aromatic rings. The monoisotopic (exact) mass is 306 g/mol. The van der Waals surface area contributed by atoms with Gasteiger partial charge < -0.3 is 5.32 Å². The van der Waals surface area contributed by atoms with Crippen molar-refractivity contribution in [2.75, 3.05) is 5.32 Å². The molecule has 0 saturated heterocycles. The number of imidazole rings is 1. The fraction of sp³-hybridized carbons (Fsp3) is 0.133. The highest BCUT2D eigenvalue weighted by Crippen LogP contribution is 2.11. The maximum atomic E-state index is 4.56. The summed E-state index contributed by atoms with van der Waals surface area (Å²) in [7, 11) is 0. The summed E-state index contributed by atoms with van der Waals surface area (Å²) in [5.74, 6) is 2.28. The summed E-state index contributed by atoms with van der Waals surface area (Å²) in [5.41, 5.74) is 1.81. The van der Waals surface area contributed by atoms with Crippen LogP contribution in [0.3, 0.4) is 0 Å². The molecule has 0 aromatic carbocycles. The molecule has 114 valence electrons. The van der Waals surface area contributed by atoms with Gasteiger partial charge in [-0.15, -0.1) is 0 Å². The van der Waals surface area contributed by atoms with Gasteiger partial charge in [-0.3, -0.25) is 9.55 Å². The second kappa shape index (κ2) is 5.48. The van der Waals surface area contributed by atoms with E-state index < -0.39 is 0 Å². The minimum atomic E-state index is 0.571. The van der Waals surface area contributed by atoms with Gasteiger partial charge in [0.05, 0.1) is 30.8 Å². The fourth-order valence-electron chi connectivity index (χ4n) is 2.38. The van der Waals surface area contributed by atoms with E-state index in [0.717, 1.165) is 23.0 Å². The SMILES string of the molecule is Cc1nccn1-c1cncc(NCc2ccnc3ccnn23)n1. The molecule has 4 rings (SSSR count). The van der Waals surface area contributed by atoms with Gasteiger partial charge in [0, 0.05) is 24.7 Å². The topological polar surface area (TPSA) is 85.8 Å². The summed E-state index contributed by atoms with van der Waals surface area (Å²) in [6.45, 7) is 2.49. The van der Waals surface area contributed by atoms with Crippen LogP contribution < -0.4 is 5.32 Å². The average Bonchev–Trinajstić information content (AvgIpc) is 3.22. The smallest absolute Gasteiger partial charge is 0.159 e. The number of aryl methyl sites for hydroxylation is 1. The van der Waals surface area contributed by atoms with Crippen LogP contribution in [-0.2, 0) is 6.54 Å². The molecule has 0 aliphatic heterocycles. The molecule has 8 nitrogen and oxygen atoms in total. The Morgan fingerprint density at radius 1 is 1.09 bits per heavy atom. The quantitative estimate of drug-likeness (QED) is 0.616. The first-order valence-corrected chi connectivity index (χ1v) is 7.15. The average molecular weight is 306 g/mol. The van der Waals surface area contributed by atoms with E-state index >= 15 is 0 Å². The zero-order valence-electron chi connectivity index (χ0n) is 12.5. The number of hydrogen-bond acceptors (Lipinski definition) is 6. The Bertz CT molecular complexity index is 955. The largest absolute Gasteiger partial charge is 0.363 e. The Kier molecular flexibility index (Phi) is 3.19. The Balaban J connectivity index is 1.58. The molecule has 4 aromatic heterocycles. The van der Waals surface area contributed by atoms with Crippen LogP contribution in [-0.4, -0.2) is 34.1 Å². The maximum absolute atomic E-state index is 4.56. The highest BCUT2D eigenvalue weighted by Gasteiger charge is 2.05. The van der Waals surface area contributed by atoms with E-state index in [1.54, 1.807) is 35.5 Å². The minimum absolute atomic E-state index is 0.571. The summed E-state index contributed by atoms with van der Waals surface area (Å²) in [4.78, 5) is 17.3. The lowest BCUT2D eigenvalue weighted by Crippen LogP contribution is -2.09. The van der Waals surface area contributed by atoms with Crippen molar-refractivity contribution in [3.63, 3.8) is 0 Å². The molecule has 0 unspecified atom stereocenters. The lowest BCUT2D eigenvalue weighted by Gasteiger charge is -2.09. The molecule has 0 bridgehead atoms. The normalized spacial score (nSPS) is 11.0. The number of fused-ring (bicyclic) bond motifs is 1. The molecule has 0 fully saturated rings. The van der Waals surface area contributed by atoms with Crippen LogP contribution in [0.4, 0.5) is 5.82 Å². The number of anilines is 1. The third-order valence-electron chi connectivity index (χ3n) is 3.51. The van der Waals surface area contributed by atoms with Crippen molar-refractivity contribution in [3.8, 4) is 5.82 Å². The Morgan fingerprint density at radius 2 is 2.04 bits per heavy atom. The number of nitrogens with one attached hydrogen (secondary N) is 1. The van der Waals surface area contributed by atoms with Crippen LogP contribution in [0, 0.1) is 6.92 Å². The van der Waals surface area contributed by atoms with Crippen molar-refractivity contribution >= 4 is 11.5 Å². The predicted octanol–water partition coefficient (Wildman–Crippen LogP) is 1.63. The molecule has 0 saturated carbocycles. The van der Waals surface area contributed by atoms with Crippen LogP contribution in [0.5, 0.6) is 0 Å². The highest BCUT2D eigenvalue weighted by molar-refractivity contribution is 5.40. The van der Waals surface area contributed by atoms with E-state index in [1.807, 2.05) is 29.8 Å². The van der Waals surface area contributed by atoms with E-state index in [4.69, 9.17) is 0 Å². The van der Waals surface area contributed by atoms with Crippen LogP contribution in [0.15, 0.2) is 49.3 Å². The van der Waals surface area contributed by atoms with Crippen LogP contribution in [0.25, 0.3) is 11.5 Å². The standard InChI is InChI=1S/C15H14N8/c1-11-17-6-7-22(11)15-10-16-9-13(21-15)19-8-12-2-4-18-14-3-5-20-23(12)14/h2-7,9-10H,8H2,1H3,(H,19,21).